The van der Waals surface area contributed by atoms with Gasteiger partial charge in [0, 0.05) is 18.7 Å². The van der Waals surface area contributed by atoms with E-state index in [4.69, 9.17) is 4.74 Å². The summed E-state index contributed by atoms with van der Waals surface area (Å²) in [4.78, 5) is 21.1. The summed E-state index contributed by atoms with van der Waals surface area (Å²) in [6, 6.07) is 13.3. The fourth-order valence-corrected chi connectivity index (χ4v) is 3.80. The number of carboxylic acid groups (broad SMARTS) is 1. The van der Waals surface area contributed by atoms with E-state index in [-0.39, 0.29) is 30.2 Å². The van der Waals surface area contributed by atoms with Gasteiger partial charge in [-0.25, -0.2) is 8.42 Å². The zero-order valence-electron chi connectivity index (χ0n) is 13.6. The Morgan fingerprint density at radius 2 is 1.73 bits per heavy atom. The standard InChI is InChI=1S/C17H17NO7S/c19-17(20)16(10-11-25-12-13-4-2-1-3-5-13)26(23,24)15-8-6-14(7-9-15)18(21)22/h1-9,16H,10-12H2,(H,19,20). The minimum absolute atomic E-state index is 0.0575. The maximum Gasteiger partial charge on any atom is 0.322 e. The molecule has 0 aliphatic rings. The van der Waals surface area contributed by atoms with Crippen LogP contribution < -0.4 is 0 Å². The number of carbonyl (C=O) groups is 1. The van der Waals surface area contributed by atoms with Crippen LogP contribution in [0.5, 0.6) is 0 Å². The minimum Gasteiger partial charge on any atom is -0.480 e. The van der Waals surface area contributed by atoms with Gasteiger partial charge >= 0.3 is 5.97 Å². The zero-order chi connectivity index (χ0) is 19.2. The molecule has 9 heteroatoms. The molecule has 1 unspecified atom stereocenters. The second-order valence-electron chi connectivity index (χ2n) is 5.45. The molecule has 0 saturated heterocycles. The van der Waals surface area contributed by atoms with Crippen molar-refractivity contribution in [2.45, 2.75) is 23.2 Å². The molecule has 0 amide bonds. The Kier molecular flexibility index (Phi) is 6.42. The first-order valence-electron chi connectivity index (χ1n) is 7.65. The Morgan fingerprint density at radius 3 is 2.27 bits per heavy atom. The molecule has 0 radical (unpaired) electrons. The van der Waals surface area contributed by atoms with Crippen LogP contribution in [0.2, 0.25) is 0 Å². The number of hydrogen-bond donors (Lipinski definition) is 1. The molecule has 1 atom stereocenters. The van der Waals surface area contributed by atoms with Crippen molar-refractivity contribution in [3.63, 3.8) is 0 Å². The van der Waals surface area contributed by atoms with Gasteiger partial charge in [-0.15, -0.1) is 0 Å². The number of ether oxygens (including phenoxy) is 1. The molecule has 2 rings (SSSR count). The lowest BCUT2D eigenvalue weighted by molar-refractivity contribution is -0.384. The number of nitrogens with zero attached hydrogens (tertiary/aromatic N) is 1. The first kappa shape index (κ1) is 19.5. The Morgan fingerprint density at radius 1 is 1.12 bits per heavy atom. The predicted octanol–water partition coefficient (Wildman–Crippen LogP) is 2.43. The van der Waals surface area contributed by atoms with Gasteiger partial charge in [-0.3, -0.25) is 14.9 Å². The van der Waals surface area contributed by atoms with Crippen molar-refractivity contribution in [3.05, 3.63) is 70.3 Å². The molecule has 0 aromatic heterocycles. The lowest BCUT2D eigenvalue weighted by Gasteiger charge is -2.14. The third-order valence-corrected chi connectivity index (χ3v) is 5.78. The summed E-state index contributed by atoms with van der Waals surface area (Å²) in [5, 5.41) is 18.2. The molecule has 138 valence electrons. The molecule has 0 spiro atoms. The summed E-state index contributed by atoms with van der Waals surface area (Å²) in [5.41, 5.74) is 0.611. The lowest BCUT2D eigenvalue weighted by Crippen LogP contribution is -2.31. The molecule has 0 bridgehead atoms. The Balaban J connectivity index is 2.05. The number of nitro benzene ring substituents is 1. The van der Waals surface area contributed by atoms with Crippen molar-refractivity contribution in [2.75, 3.05) is 6.61 Å². The van der Waals surface area contributed by atoms with E-state index in [9.17, 15) is 28.4 Å². The van der Waals surface area contributed by atoms with E-state index < -0.39 is 26.0 Å². The Hall–Kier alpha value is -2.78. The number of non-ortho nitro benzene ring substituents is 1. The van der Waals surface area contributed by atoms with Gasteiger partial charge in [0.25, 0.3) is 5.69 Å². The van der Waals surface area contributed by atoms with Crippen molar-refractivity contribution in [2.24, 2.45) is 0 Å². The monoisotopic (exact) mass is 379 g/mol. The van der Waals surface area contributed by atoms with Crippen molar-refractivity contribution in [3.8, 4) is 0 Å². The topological polar surface area (TPSA) is 124 Å². The lowest BCUT2D eigenvalue weighted by atomic mass is 10.2. The van der Waals surface area contributed by atoms with Crippen LogP contribution in [0, 0.1) is 10.1 Å². The van der Waals surface area contributed by atoms with E-state index in [2.05, 4.69) is 0 Å². The normalized spacial score (nSPS) is 12.5. The molecular formula is C17H17NO7S. The second kappa shape index (κ2) is 8.54. The van der Waals surface area contributed by atoms with E-state index in [0.717, 1.165) is 29.8 Å². The maximum atomic E-state index is 12.5. The van der Waals surface area contributed by atoms with Crippen LogP contribution in [0.15, 0.2) is 59.5 Å². The summed E-state index contributed by atoms with van der Waals surface area (Å²) < 4.78 is 30.4. The van der Waals surface area contributed by atoms with Gasteiger partial charge in [-0.2, -0.15) is 0 Å². The van der Waals surface area contributed by atoms with Crippen LogP contribution >= 0.6 is 0 Å². The van der Waals surface area contributed by atoms with Gasteiger partial charge in [0.15, 0.2) is 15.1 Å². The average Bonchev–Trinajstić information content (AvgIpc) is 2.62. The molecule has 26 heavy (non-hydrogen) atoms. The highest BCUT2D eigenvalue weighted by atomic mass is 32.2. The first-order chi connectivity index (χ1) is 12.3. The first-order valence-corrected chi connectivity index (χ1v) is 9.20. The third kappa shape index (κ3) is 4.87. The van der Waals surface area contributed by atoms with Crippen LogP contribution in [-0.2, 0) is 26.0 Å². The van der Waals surface area contributed by atoms with Crippen LogP contribution in [-0.4, -0.2) is 36.3 Å². The fourth-order valence-electron chi connectivity index (χ4n) is 2.29. The highest BCUT2D eigenvalue weighted by Gasteiger charge is 2.34. The largest absolute Gasteiger partial charge is 0.480 e. The number of rotatable bonds is 9. The quantitative estimate of drug-likeness (QED) is 0.403. The molecule has 0 fully saturated rings. The van der Waals surface area contributed by atoms with Gasteiger partial charge in [0.1, 0.15) is 0 Å². The van der Waals surface area contributed by atoms with Crippen molar-refractivity contribution in [1.29, 1.82) is 0 Å². The maximum absolute atomic E-state index is 12.5. The summed E-state index contributed by atoms with van der Waals surface area (Å²) in [6.45, 7) is 0.183. The summed E-state index contributed by atoms with van der Waals surface area (Å²) in [5.74, 6) is -1.49. The van der Waals surface area contributed by atoms with E-state index in [0.29, 0.717) is 0 Å². The molecule has 8 nitrogen and oxygen atoms in total. The van der Waals surface area contributed by atoms with E-state index >= 15 is 0 Å². The summed E-state index contributed by atoms with van der Waals surface area (Å²) >= 11 is 0. The highest BCUT2D eigenvalue weighted by molar-refractivity contribution is 7.92. The fraction of sp³-hybridized carbons (Fsp3) is 0.235. The third-order valence-electron chi connectivity index (χ3n) is 3.66. The SMILES string of the molecule is O=C(O)C(CCOCc1ccccc1)S(=O)(=O)c1ccc([N+](=O)[O-])cc1. The molecule has 2 aromatic rings. The Labute approximate surface area is 150 Å². The smallest absolute Gasteiger partial charge is 0.322 e. The number of hydrogen-bond acceptors (Lipinski definition) is 6. The number of sulfone groups is 1. The van der Waals surface area contributed by atoms with Crippen molar-refractivity contribution >= 4 is 21.5 Å². The van der Waals surface area contributed by atoms with Crippen LogP contribution in [0.4, 0.5) is 5.69 Å². The highest BCUT2D eigenvalue weighted by Crippen LogP contribution is 2.22. The molecule has 2 aromatic carbocycles. The molecule has 0 heterocycles. The second-order valence-corrected chi connectivity index (χ2v) is 7.58. The zero-order valence-corrected chi connectivity index (χ0v) is 14.5. The van der Waals surface area contributed by atoms with E-state index in [1.807, 2.05) is 30.3 Å². The van der Waals surface area contributed by atoms with Gasteiger partial charge in [0.05, 0.1) is 16.4 Å². The van der Waals surface area contributed by atoms with E-state index in [1.165, 1.54) is 0 Å². The average molecular weight is 379 g/mol. The number of benzene rings is 2. The van der Waals surface area contributed by atoms with Gasteiger partial charge in [-0.1, -0.05) is 30.3 Å². The van der Waals surface area contributed by atoms with Gasteiger partial charge in [0.2, 0.25) is 0 Å². The Bertz CT molecular complexity index is 864. The van der Waals surface area contributed by atoms with Crippen molar-refractivity contribution < 1.29 is 28.0 Å². The van der Waals surface area contributed by atoms with Crippen LogP contribution in [0.1, 0.15) is 12.0 Å². The number of nitro groups is 1. The summed E-state index contributed by atoms with van der Waals surface area (Å²) in [6.07, 6.45) is -0.235. The predicted molar refractivity (Wildman–Crippen MR) is 92.4 cm³/mol. The molecule has 0 aliphatic carbocycles. The summed E-state index contributed by atoms with van der Waals surface area (Å²) in [7, 11) is -4.19. The number of aliphatic carboxylic acids is 1. The molecule has 0 saturated carbocycles. The van der Waals surface area contributed by atoms with Gasteiger partial charge in [-0.05, 0) is 24.1 Å². The molecule has 1 N–H and O–H groups in total. The van der Waals surface area contributed by atoms with Crippen LogP contribution in [0.25, 0.3) is 0 Å². The molecule has 0 aliphatic heterocycles. The van der Waals surface area contributed by atoms with E-state index in [1.54, 1.807) is 0 Å². The van der Waals surface area contributed by atoms with Crippen LogP contribution in [0.3, 0.4) is 0 Å². The van der Waals surface area contributed by atoms with Gasteiger partial charge < -0.3 is 9.84 Å². The van der Waals surface area contributed by atoms with Crippen molar-refractivity contribution in [1.82, 2.24) is 0 Å². The molecular weight excluding hydrogens is 362 g/mol. The minimum atomic E-state index is -4.19. The number of carboxylic acids is 1.